The second-order valence-corrected chi connectivity index (χ2v) is 4.37. The Balaban J connectivity index is 2.16. The molecule has 0 aliphatic rings. The third-order valence-electron chi connectivity index (χ3n) is 2.87. The van der Waals surface area contributed by atoms with Crippen molar-refractivity contribution < 1.29 is 9.47 Å². The lowest BCUT2D eigenvalue weighted by atomic mass is 10.1. The SMILES string of the molecule is COCCCOCCNC(C)c1ccc(C#N)cc1. The summed E-state index contributed by atoms with van der Waals surface area (Å²) >= 11 is 0. The second-order valence-electron chi connectivity index (χ2n) is 4.37. The van der Waals surface area contributed by atoms with Crippen molar-refractivity contribution in [1.82, 2.24) is 5.32 Å². The van der Waals surface area contributed by atoms with E-state index in [1.165, 1.54) is 5.56 Å². The molecule has 1 rings (SSSR count). The first-order valence-electron chi connectivity index (χ1n) is 6.58. The average Bonchev–Trinajstić information content (AvgIpc) is 2.46. The van der Waals surface area contributed by atoms with E-state index in [9.17, 15) is 0 Å². The van der Waals surface area contributed by atoms with Crippen LogP contribution in [0.3, 0.4) is 0 Å². The molecule has 1 atom stereocenters. The molecule has 1 aromatic carbocycles. The number of hydrogen-bond donors (Lipinski definition) is 1. The van der Waals surface area contributed by atoms with Gasteiger partial charge >= 0.3 is 0 Å². The van der Waals surface area contributed by atoms with E-state index in [-0.39, 0.29) is 6.04 Å². The summed E-state index contributed by atoms with van der Waals surface area (Å²) in [5.74, 6) is 0. The number of nitrogens with zero attached hydrogens (tertiary/aromatic N) is 1. The summed E-state index contributed by atoms with van der Waals surface area (Å²) in [7, 11) is 1.70. The topological polar surface area (TPSA) is 54.3 Å². The van der Waals surface area contributed by atoms with Crippen molar-refractivity contribution in [3.8, 4) is 6.07 Å². The zero-order chi connectivity index (χ0) is 13.9. The zero-order valence-corrected chi connectivity index (χ0v) is 11.7. The lowest BCUT2D eigenvalue weighted by Gasteiger charge is -2.14. The number of benzene rings is 1. The van der Waals surface area contributed by atoms with E-state index in [0.29, 0.717) is 12.2 Å². The monoisotopic (exact) mass is 262 g/mol. The fourth-order valence-electron chi connectivity index (χ4n) is 1.72. The van der Waals surface area contributed by atoms with Crippen LogP contribution in [-0.2, 0) is 9.47 Å². The van der Waals surface area contributed by atoms with Gasteiger partial charge in [0.2, 0.25) is 0 Å². The number of nitrogens with one attached hydrogen (secondary N) is 1. The van der Waals surface area contributed by atoms with Crippen LogP contribution in [0.4, 0.5) is 0 Å². The number of hydrogen-bond acceptors (Lipinski definition) is 4. The van der Waals surface area contributed by atoms with Gasteiger partial charge in [0.1, 0.15) is 0 Å². The molecule has 0 spiro atoms. The molecule has 4 nitrogen and oxygen atoms in total. The second kappa shape index (κ2) is 9.51. The molecular formula is C15H22N2O2. The van der Waals surface area contributed by atoms with Crippen LogP contribution in [0, 0.1) is 11.3 Å². The quantitative estimate of drug-likeness (QED) is 0.694. The van der Waals surface area contributed by atoms with Crippen molar-refractivity contribution in [2.24, 2.45) is 0 Å². The van der Waals surface area contributed by atoms with E-state index >= 15 is 0 Å². The Bertz CT molecular complexity index is 384. The molecule has 0 aromatic heterocycles. The van der Waals surface area contributed by atoms with Gasteiger partial charge in [0.05, 0.1) is 18.2 Å². The Morgan fingerprint density at radius 1 is 1.21 bits per heavy atom. The minimum Gasteiger partial charge on any atom is -0.385 e. The first kappa shape index (κ1) is 15.6. The van der Waals surface area contributed by atoms with Crippen LogP contribution in [0.25, 0.3) is 0 Å². The highest BCUT2D eigenvalue weighted by Gasteiger charge is 2.03. The van der Waals surface area contributed by atoms with Gasteiger partial charge in [-0.1, -0.05) is 12.1 Å². The number of nitriles is 1. The highest BCUT2D eigenvalue weighted by Crippen LogP contribution is 2.12. The van der Waals surface area contributed by atoms with Crippen LogP contribution >= 0.6 is 0 Å². The summed E-state index contributed by atoms with van der Waals surface area (Å²) in [6.07, 6.45) is 0.932. The fourth-order valence-corrected chi connectivity index (χ4v) is 1.72. The van der Waals surface area contributed by atoms with Crippen LogP contribution < -0.4 is 5.32 Å². The van der Waals surface area contributed by atoms with E-state index in [4.69, 9.17) is 14.7 Å². The van der Waals surface area contributed by atoms with Gasteiger partial charge in [-0.2, -0.15) is 5.26 Å². The van der Waals surface area contributed by atoms with Crippen LogP contribution in [0.2, 0.25) is 0 Å². The number of methoxy groups -OCH3 is 1. The molecule has 0 heterocycles. The van der Waals surface area contributed by atoms with Crippen molar-refractivity contribution in [2.45, 2.75) is 19.4 Å². The molecule has 0 radical (unpaired) electrons. The average molecular weight is 262 g/mol. The minimum atomic E-state index is 0.260. The number of ether oxygens (including phenoxy) is 2. The molecule has 1 unspecified atom stereocenters. The third kappa shape index (κ3) is 6.35. The molecule has 19 heavy (non-hydrogen) atoms. The molecule has 0 aliphatic carbocycles. The Hall–Kier alpha value is -1.41. The molecule has 0 aliphatic heterocycles. The first-order chi connectivity index (χ1) is 9.27. The fraction of sp³-hybridized carbons (Fsp3) is 0.533. The largest absolute Gasteiger partial charge is 0.385 e. The first-order valence-corrected chi connectivity index (χ1v) is 6.58. The summed E-state index contributed by atoms with van der Waals surface area (Å²) in [4.78, 5) is 0. The molecule has 1 N–H and O–H groups in total. The lowest BCUT2D eigenvalue weighted by molar-refractivity contribution is 0.103. The highest BCUT2D eigenvalue weighted by atomic mass is 16.5. The third-order valence-corrected chi connectivity index (χ3v) is 2.87. The van der Waals surface area contributed by atoms with E-state index in [1.807, 2.05) is 24.3 Å². The van der Waals surface area contributed by atoms with E-state index in [1.54, 1.807) is 7.11 Å². The highest BCUT2D eigenvalue weighted by molar-refractivity contribution is 5.32. The van der Waals surface area contributed by atoms with Crippen LogP contribution in [0.15, 0.2) is 24.3 Å². The maximum atomic E-state index is 8.74. The van der Waals surface area contributed by atoms with Gasteiger partial charge in [-0.05, 0) is 31.0 Å². The van der Waals surface area contributed by atoms with Gasteiger partial charge in [-0.15, -0.1) is 0 Å². The standard InChI is InChI=1S/C15H22N2O2/c1-13(15-6-4-14(12-16)5-7-15)17-8-11-19-10-3-9-18-2/h4-7,13,17H,3,8-11H2,1-2H3. The maximum Gasteiger partial charge on any atom is 0.0991 e. The summed E-state index contributed by atoms with van der Waals surface area (Å²) < 4.78 is 10.4. The van der Waals surface area contributed by atoms with E-state index in [0.717, 1.165) is 26.2 Å². The van der Waals surface area contributed by atoms with Crippen LogP contribution in [0.5, 0.6) is 0 Å². The van der Waals surface area contributed by atoms with E-state index in [2.05, 4.69) is 18.3 Å². The van der Waals surface area contributed by atoms with Gasteiger partial charge in [0, 0.05) is 32.9 Å². The van der Waals surface area contributed by atoms with Gasteiger partial charge in [0.15, 0.2) is 0 Å². The Labute approximate surface area is 115 Å². The van der Waals surface area contributed by atoms with Crippen molar-refractivity contribution in [3.05, 3.63) is 35.4 Å². The summed E-state index contributed by atoms with van der Waals surface area (Å²) in [5.41, 5.74) is 1.87. The van der Waals surface area contributed by atoms with Crippen molar-refractivity contribution in [2.75, 3.05) is 33.5 Å². The molecule has 0 amide bonds. The van der Waals surface area contributed by atoms with Crippen molar-refractivity contribution >= 4 is 0 Å². The molecule has 104 valence electrons. The lowest BCUT2D eigenvalue weighted by Crippen LogP contribution is -2.23. The van der Waals surface area contributed by atoms with Crippen LogP contribution in [0.1, 0.15) is 30.5 Å². The zero-order valence-electron chi connectivity index (χ0n) is 11.7. The van der Waals surface area contributed by atoms with Gasteiger partial charge in [0.25, 0.3) is 0 Å². The predicted octanol–water partition coefficient (Wildman–Crippen LogP) is 2.26. The minimum absolute atomic E-state index is 0.260. The summed E-state index contributed by atoms with van der Waals surface area (Å²) in [5, 5.41) is 12.1. The molecule has 0 bridgehead atoms. The summed E-state index contributed by atoms with van der Waals surface area (Å²) in [6, 6.07) is 10.0. The van der Waals surface area contributed by atoms with Gasteiger partial charge in [-0.3, -0.25) is 0 Å². The van der Waals surface area contributed by atoms with Gasteiger partial charge < -0.3 is 14.8 Å². The maximum absolute atomic E-state index is 8.74. The molecular weight excluding hydrogens is 240 g/mol. The Kier molecular flexibility index (Phi) is 7.83. The molecule has 1 aromatic rings. The smallest absolute Gasteiger partial charge is 0.0991 e. The summed E-state index contributed by atoms with van der Waals surface area (Å²) in [6.45, 7) is 5.10. The Morgan fingerprint density at radius 2 is 1.95 bits per heavy atom. The molecule has 0 saturated heterocycles. The van der Waals surface area contributed by atoms with Crippen molar-refractivity contribution in [1.29, 1.82) is 5.26 Å². The normalized spacial score (nSPS) is 12.1. The molecule has 4 heteroatoms. The Morgan fingerprint density at radius 3 is 2.58 bits per heavy atom. The molecule has 0 saturated carbocycles. The van der Waals surface area contributed by atoms with Gasteiger partial charge in [-0.25, -0.2) is 0 Å². The van der Waals surface area contributed by atoms with Crippen molar-refractivity contribution in [3.63, 3.8) is 0 Å². The molecule has 0 fully saturated rings. The van der Waals surface area contributed by atoms with Crippen LogP contribution in [-0.4, -0.2) is 33.5 Å². The predicted molar refractivity (Wildman–Crippen MR) is 74.9 cm³/mol. The number of rotatable bonds is 9. The van der Waals surface area contributed by atoms with E-state index < -0.39 is 0 Å².